The molecule has 1 atom stereocenters. The van der Waals surface area contributed by atoms with Crippen LogP contribution in [0.25, 0.3) is 0 Å². The van der Waals surface area contributed by atoms with Gasteiger partial charge in [-0.15, -0.1) is 0 Å². The monoisotopic (exact) mass is 265 g/mol. The van der Waals surface area contributed by atoms with E-state index in [1.807, 2.05) is 11.6 Å². The van der Waals surface area contributed by atoms with Gasteiger partial charge in [0.05, 0.1) is 11.4 Å². The van der Waals surface area contributed by atoms with E-state index in [2.05, 4.69) is 36.1 Å². The van der Waals surface area contributed by atoms with E-state index < -0.39 is 0 Å². The van der Waals surface area contributed by atoms with Gasteiger partial charge in [0.2, 0.25) is 0 Å². The van der Waals surface area contributed by atoms with Crippen molar-refractivity contribution < 1.29 is 0 Å². The number of nitrogens with two attached hydrogens (primary N) is 1. The fraction of sp³-hybridized carbons (Fsp3) is 0.786. The van der Waals surface area contributed by atoms with Gasteiger partial charge in [-0.3, -0.25) is 4.90 Å². The van der Waals surface area contributed by atoms with Gasteiger partial charge in [0, 0.05) is 18.6 Å². The van der Waals surface area contributed by atoms with Crippen LogP contribution in [0.4, 0.5) is 11.5 Å². The summed E-state index contributed by atoms with van der Waals surface area (Å²) in [6.07, 6.45) is 2.58. The molecule has 1 aromatic rings. The lowest BCUT2D eigenvalue weighted by Crippen LogP contribution is -2.35. The Morgan fingerprint density at radius 3 is 2.84 bits per heavy atom. The number of likely N-dealkylation sites (N-methyl/N-ethyl adjacent to an activating group) is 1. The minimum Gasteiger partial charge on any atom is -0.394 e. The zero-order valence-corrected chi connectivity index (χ0v) is 12.6. The molecular formula is C14H27N5. The Morgan fingerprint density at radius 1 is 1.47 bits per heavy atom. The summed E-state index contributed by atoms with van der Waals surface area (Å²) in [6.45, 7) is 11.8. The van der Waals surface area contributed by atoms with Gasteiger partial charge in [-0.2, -0.15) is 5.10 Å². The number of rotatable bonds is 5. The second kappa shape index (κ2) is 5.82. The molecule has 19 heavy (non-hydrogen) atoms. The molecule has 1 aromatic heterocycles. The average Bonchev–Trinajstić information content (AvgIpc) is 2.93. The van der Waals surface area contributed by atoms with Gasteiger partial charge >= 0.3 is 0 Å². The van der Waals surface area contributed by atoms with Crippen molar-refractivity contribution in [3.8, 4) is 0 Å². The van der Waals surface area contributed by atoms with Gasteiger partial charge < -0.3 is 11.1 Å². The van der Waals surface area contributed by atoms with E-state index in [0.717, 1.165) is 30.3 Å². The van der Waals surface area contributed by atoms with Crippen molar-refractivity contribution in [2.75, 3.05) is 30.7 Å². The summed E-state index contributed by atoms with van der Waals surface area (Å²) in [4.78, 5) is 2.53. The first-order valence-corrected chi connectivity index (χ1v) is 7.37. The van der Waals surface area contributed by atoms with Gasteiger partial charge in [0.1, 0.15) is 5.82 Å². The predicted molar refractivity (Wildman–Crippen MR) is 80.5 cm³/mol. The smallest absolute Gasteiger partial charge is 0.148 e. The van der Waals surface area contributed by atoms with Crippen LogP contribution in [0.5, 0.6) is 0 Å². The molecule has 0 spiro atoms. The van der Waals surface area contributed by atoms with Crippen LogP contribution < -0.4 is 11.1 Å². The number of hydrogen-bond acceptors (Lipinski definition) is 4. The van der Waals surface area contributed by atoms with Gasteiger partial charge in [0.15, 0.2) is 0 Å². The molecule has 2 heterocycles. The van der Waals surface area contributed by atoms with Crippen molar-refractivity contribution >= 4 is 11.5 Å². The predicted octanol–water partition coefficient (Wildman–Crippen LogP) is 2.25. The lowest BCUT2D eigenvalue weighted by atomic mass is 10.2. The number of likely N-dealkylation sites (tertiary alicyclic amines) is 1. The molecule has 1 fully saturated rings. The van der Waals surface area contributed by atoms with Gasteiger partial charge in [-0.1, -0.05) is 6.92 Å². The fourth-order valence-electron chi connectivity index (χ4n) is 2.87. The molecule has 0 bridgehead atoms. The SMILES string of the molecule is CCN1CCCC1CNc1c(N)c(C)nn1C(C)C. The average molecular weight is 265 g/mol. The summed E-state index contributed by atoms with van der Waals surface area (Å²) in [5, 5.41) is 8.03. The summed E-state index contributed by atoms with van der Waals surface area (Å²) in [6, 6.07) is 0.949. The number of nitrogens with one attached hydrogen (secondary N) is 1. The largest absolute Gasteiger partial charge is 0.394 e. The lowest BCUT2D eigenvalue weighted by Gasteiger charge is -2.24. The zero-order valence-electron chi connectivity index (χ0n) is 12.6. The maximum atomic E-state index is 6.13. The summed E-state index contributed by atoms with van der Waals surface area (Å²) >= 11 is 0. The van der Waals surface area contributed by atoms with Gasteiger partial charge in [0.25, 0.3) is 0 Å². The number of hydrogen-bond donors (Lipinski definition) is 2. The van der Waals surface area contributed by atoms with Crippen molar-refractivity contribution in [2.45, 2.75) is 52.6 Å². The van der Waals surface area contributed by atoms with E-state index in [4.69, 9.17) is 5.73 Å². The minimum absolute atomic E-state index is 0.323. The molecule has 0 saturated carbocycles. The first kappa shape index (κ1) is 14.2. The fourth-order valence-corrected chi connectivity index (χ4v) is 2.87. The Balaban J connectivity index is 2.06. The number of nitrogen functional groups attached to an aromatic ring is 1. The molecule has 1 aliphatic rings. The molecule has 2 rings (SSSR count). The molecule has 1 aliphatic heterocycles. The number of nitrogens with zero attached hydrogens (tertiary/aromatic N) is 3. The van der Waals surface area contributed by atoms with Crippen molar-refractivity contribution in [1.82, 2.24) is 14.7 Å². The Hall–Kier alpha value is -1.23. The molecule has 1 saturated heterocycles. The Morgan fingerprint density at radius 2 is 2.21 bits per heavy atom. The van der Waals surface area contributed by atoms with Gasteiger partial charge in [-0.05, 0) is 46.7 Å². The molecular weight excluding hydrogens is 238 g/mol. The van der Waals surface area contributed by atoms with E-state index in [1.54, 1.807) is 0 Å². The van der Waals surface area contributed by atoms with Gasteiger partial charge in [-0.25, -0.2) is 4.68 Å². The molecule has 5 nitrogen and oxygen atoms in total. The van der Waals surface area contributed by atoms with Crippen LogP contribution in [-0.2, 0) is 0 Å². The van der Waals surface area contributed by atoms with E-state index in [1.165, 1.54) is 19.4 Å². The second-order valence-electron chi connectivity index (χ2n) is 5.69. The van der Waals surface area contributed by atoms with Crippen LogP contribution >= 0.6 is 0 Å². The molecule has 1 unspecified atom stereocenters. The number of aromatic nitrogens is 2. The summed E-state index contributed by atoms with van der Waals surface area (Å²) in [7, 11) is 0. The highest BCUT2D eigenvalue weighted by atomic mass is 15.4. The molecule has 0 amide bonds. The Kier molecular flexibility index (Phi) is 4.34. The molecule has 108 valence electrons. The maximum absolute atomic E-state index is 6.13. The standard InChI is InChI=1S/C14H27N5/c1-5-18-8-6-7-12(18)9-16-14-13(15)11(4)17-19(14)10(2)3/h10,12,16H,5-9,15H2,1-4H3. The Labute approximate surface area is 116 Å². The topological polar surface area (TPSA) is 59.1 Å². The summed E-state index contributed by atoms with van der Waals surface area (Å²) in [5.41, 5.74) is 7.83. The first-order valence-electron chi connectivity index (χ1n) is 7.37. The van der Waals surface area contributed by atoms with Crippen molar-refractivity contribution in [2.24, 2.45) is 0 Å². The van der Waals surface area contributed by atoms with Crippen LogP contribution in [0.3, 0.4) is 0 Å². The van der Waals surface area contributed by atoms with Crippen LogP contribution in [0.1, 0.15) is 45.3 Å². The van der Waals surface area contributed by atoms with Crippen LogP contribution in [0, 0.1) is 6.92 Å². The first-order chi connectivity index (χ1) is 9.04. The third-order valence-corrected chi connectivity index (χ3v) is 4.03. The van der Waals surface area contributed by atoms with E-state index in [0.29, 0.717) is 12.1 Å². The molecule has 3 N–H and O–H groups in total. The van der Waals surface area contributed by atoms with Crippen LogP contribution in [0.2, 0.25) is 0 Å². The lowest BCUT2D eigenvalue weighted by molar-refractivity contribution is 0.276. The van der Waals surface area contributed by atoms with E-state index in [9.17, 15) is 0 Å². The summed E-state index contributed by atoms with van der Waals surface area (Å²) < 4.78 is 2.00. The van der Waals surface area contributed by atoms with Crippen molar-refractivity contribution in [3.05, 3.63) is 5.69 Å². The van der Waals surface area contributed by atoms with Crippen molar-refractivity contribution in [3.63, 3.8) is 0 Å². The molecule has 0 aromatic carbocycles. The third-order valence-electron chi connectivity index (χ3n) is 4.03. The van der Waals surface area contributed by atoms with E-state index >= 15 is 0 Å². The quantitative estimate of drug-likeness (QED) is 0.857. The Bertz CT molecular complexity index is 424. The van der Waals surface area contributed by atoms with Crippen LogP contribution in [0.15, 0.2) is 0 Å². The highest BCUT2D eigenvalue weighted by Crippen LogP contribution is 2.26. The van der Waals surface area contributed by atoms with Crippen LogP contribution in [-0.4, -0.2) is 40.4 Å². The summed E-state index contributed by atoms with van der Waals surface area (Å²) in [5.74, 6) is 0.982. The third kappa shape index (κ3) is 2.86. The second-order valence-corrected chi connectivity index (χ2v) is 5.69. The number of aryl methyl sites for hydroxylation is 1. The minimum atomic E-state index is 0.323. The highest BCUT2D eigenvalue weighted by molar-refractivity contribution is 5.65. The molecule has 0 radical (unpaired) electrons. The zero-order chi connectivity index (χ0) is 14.0. The molecule has 0 aliphatic carbocycles. The van der Waals surface area contributed by atoms with Crippen molar-refractivity contribution in [1.29, 1.82) is 0 Å². The molecule has 5 heteroatoms. The highest BCUT2D eigenvalue weighted by Gasteiger charge is 2.23. The normalized spacial score (nSPS) is 20.4. The number of anilines is 2. The maximum Gasteiger partial charge on any atom is 0.148 e. The van der Waals surface area contributed by atoms with E-state index in [-0.39, 0.29) is 0 Å².